The molecule has 1 aliphatic rings. The van der Waals surface area contributed by atoms with Gasteiger partial charge in [0, 0.05) is 12.2 Å². The SMILES string of the molecule is NCc1cccc(NC(=C2CC2)c2cccs2)c1. The van der Waals surface area contributed by atoms with Gasteiger partial charge in [0.2, 0.25) is 0 Å². The van der Waals surface area contributed by atoms with Crippen LogP contribution in [-0.2, 0) is 6.54 Å². The summed E-state index contributed by atoms with van der Waals surface area (Å²) in [6, 6.07) is 12.6. The molecule has 1 aliphatic carbocycles. The standard InChI is InChI=1S/C15H16N2S/c16-10-11-3-1-4-13(9-11)17-15(12-6-7-12)14-5-2-8-18-14/h1-5,8-9,17H,6-7,10,16H2. The average Bonchev–Trinajstić information content (AvgIpc) is 3.11. The van der Waals surface area contributed by atoms with E-state index in [1.807, 2.05) is 6.07 Å². The van der Waals surface area contributed by atoms with Crippen molar-refractivity contribution in [1.29, 1.82) is 0 Å². The number of nitrogens with two attached hydrogens (primary N) is 1. The van der Waals surface area contributed by atoms with Crippen LogP contribution in [0.25, 0.3) is 5.70 Å². The lowest BCUT2D eigenvalue weighted by Gasteiger charge is -2.10. The largest absolute Gasteiger partial charge is 0.354 e. The zero-order chi connectivity index (χ0) is 12.4. The van der Waals surface area contributed by atoms with Gasteiger partial charge in [-0.15, -0.1) is 11.3 Å². The maximum Gasteiger partial charge on any atom is 0.0551 e. The Balaban J connectivity index is 1.88. The van der Waals surface area contributed by atoms with Gasteiger partial charge in [0.05, 0.1) is 10.6 Å². The maximum atomic E-state index is 5.68. The van der Waals surface area contributed by atoms with Crippen molar-refractivity contribution in [2.24, 2.45) is 5.73 Å². The number of allylic oxidation sites excluding steroid dienone is 1. The highest BCUT2D eigenvalue weighted by molar-refractivity contribution is 7.11. The van der Waals surface area contributed by atoms with Gasteiger partial charge < -0.3 is 11.1 Å². The molecule has 3 rings (SSSR count). The van der Waals surface area contributed by atoms with Crippen molar-refractivity contribution in [3.8, 4) is 0 Å². The first-order chi connectivity index (χ1) is 8.86. The first kappa shape index (κ1) is 11.5. The molecule has 3 heteroatoms. The molecule has 92 valence electrons. The van der Waals surface area contributed by atoms with E-state index in [0.717, 1.165) is 11.3 Å². The van der Waals surface area contributed by atoms with E-state index in [1.54, 1.807) is 11.3 Å². The van der Waals surface area contributed by atoms with Gasteiger partial charge in [-0.25, -0.2) is 0 Å². The molecule has 0 amide bonds. The minimum atomic E-state index is 0.584. The molecule has 0 atom stereocenters. The molecule has 18 heavy (non-hydrogen) atoms. The summed E-state index contributed by atoms with van der Waals surface area (Å²) in [5, 5.41) is 5.67. The lowest BCUT2D eigenvalue weighted by Crippen LogP contribution is -2.00. The minimum Gasteiger partial charge on any atom is -0.354 e. The van der Waals surface area contributed by atoms with Crippen molar-refractivity contribution in [3.05, 3.63) is 57.8 Å². The van der Waals surface area contributed by atoms with Crippen LogP contribution in [-0.4, -0.2) is 0 Å². The Morgan fingerprint density at radius 1 is 1.22 bits per heavy atom. The molecule has 0 unspecified atom stereocenters. The molecule has 0 spiro atoms. The quantitative estimate of drug-likeness (QED) is 0.872. The molecule has 3 N–H and O–H groups in total. The summed E-state index contributed by atoms with van der Waals surface area (Å²) in [7, 11) is 0. The van der Waals surface area contributed by atoms with E-state index >= 15 is 0 Å². The molecule has 2 nitrogen and oxygen atoms in total. The van der Waals surface area contributed by atoms with Crippen molar-refractivity contribution >= 4 is 22.7 Å². The van der Waals surface area contributed by atoms with E-state index in [4.69, 9.17) is 5.73 Å². The molecule has 1 fully saturated rings. The van der Waals surface area contributed by atoms with Gasteiger partial charge in [0.1, 0.15) is 0 Å². The normalized spacial score (nSPS) is 13.5. The van der Waals surface area contributed by atoms with Gasteiger partial charge in [-0.1, -0.05) is 18.2 Å². The second-order valence-corrected chi connectivity index (χ2v) is 5.43. The van der Waals surface area contributed by atoms with Crippen molar-refractivity contribution in [3.63, 3.8) is 0 Å². The lowest BCUT2D eigenvalue weighted by molar-refractivity contribution is 1.07. The number of hydrogen-bond acceptors (Lipinski definition) is 3. The van der Waals surface area contributed by atoms with Crippen molar-refractivity contribution in [2.45, 2.75) is 19.4 Å². The van der Waals surface area contributed by atoms with Gasteiger partial charge in [0.15, 0.2) is 0 Å². The molecular formula is C15H16N2S. The summed E-state index contributed by atoms with van der Waals surface area (Å²) in [5.74, 6) is 0. The van der Waals surface area contributed by atoms with Crippen molar-refractivity contribution in [1.82, 2.24) is 0 Å². The molecule has 0 radical (unpaired) electrons. The van der Waals surface area contributed by atoms with Crippen LogP contribution in [0.2, 0.25) is 0 Å². The van der Waals surface area contributed by atoms with E-state index in [0.29, 0.717) is 6.54 Å². The molecule has 1 aromatic heterocycles. The number of hydrogen-bond donors (Lipinski definition) is 2. The Morgan fingerprint density at radius 3 is 2.78 bits per heavy atom. The van der Waals surface area contributed by atoms with Crippen LogP contribution in [0.3, 0.4) is 0 Å². The second-order valence-electron chi connectivity index (χ2n) is 4.49. The number of benzene rings is 1. The highest BCUT2D eigenvalue weighted by Gasteiger charge is 2.19. The van der Waals surface area contributed by atoms with Gasteiger partial charge >= 0.3 is 0 Å². The highest BCUT2D eigenvalue weighted by atomic mass is 32.1. The number of nitrogens with one attached hydrogen (secondary N) is 1. The van der Waals surface area contributed by atoms with E-state index < -0.39 is 0 Å². The van der Waals surface area contributed by atoms with Gasteiger partial charge in [-0.05, 0) is 47.6 Å². The van der Waals surface area contributed by atoms with Crippen LogP contribution in [0, 0.1) is 0 Å². The van der Waals surface area contributed by atoms with Crippen LogP contribution in [0.15, 0.2) is 47.4 Å². The van der Waals surface area contributed by atoms with Crippen molar-refractivity contribution < 1.29 is 0 Å². The Hall–Kier alpha value is -1.58. The fraction of sp³-hybridized carbons (Fsp3) is 0.200. The van der Waals surface area contributed by atoms with E-state index in [2.05, 4.69) is 41.0 Å². The first-order valence-electron chi connectivity index (χ1n) is 6.19. The summed E-state index contributed by atoms with van der Waals surface area (Å²) in [6.45, 7) is 0.584. The third-order valence-corrected chi connectivity index (χ3v) is 3.94. The Bertz CT molecular complexity index is 564. The maximum absolute atomic E-state index is 5.68. The molecule has 1 heterocycles. The second kappa shape index (κ2) is 4.96. The van der Waals surface area contributed by atoms with Gasteiger partial charge in [-0.3, -0.25) is 0 Å². The van der Waals surface area contributed by atoms with Crippen LogP contribution < -0.4 is 11.1 Å². The summed E-state index contributed by atoms with van der Waals surface area (Å²) in [4.78, 5) is 1.32. The lowest BCUT2D eigenvalue weighted by atomic mass is 10.2. The van der Waals surface area contributed by atoms with Crippen LogP contribution in [0.4, 0.5) is 5.69 Å². The molecule has 1 saturated carbocycles. The number of thiophene rings is 1. The summed E-state index contributed by atoms with van der Waals surface area (Å²) < 4.78 is 0. The molecule has 0 saturated heterocycles. The molecule has 2 aromatic rings. The molecule has 0 bridgehead atoms. The van der Waals surface area contributed by atoms with E-state index in [9.17, 15) is 0 Å². The minimum absolute atomic E-state index is 0.584. The topological polar surface area (TPSA) is 38.0 Å². The molecule has 0 aliphatic heterocycles. The monoisotopic (exact) mass is 256 g/mol. The zero-order valence-corrected chi connectivity index (χ0v) is 11.0. The number of anilines is 1. The Labute approximate surface area is 111 Å². The Morgan fingerprint density at radius 2 is 2.11 bits per heavy atom. The third kappa shape index (κ3) is 2.47. The fourth-order valence-electron chi connectivity index (χ4n) is 1.98. The predicted molar refractivity (Wildman–Crippen MR) is 78.4 cm³/mol. The molecule has 1 aromatic carbocycles. The van der Waals surface area contributed by atoms with Crippen molar-refractivity contribution in [2.75, 3.05) is 5.32 Å². The summed E-state index contributed by atoms with van der Waals surface area (Å²) in [5.41, 5.74) is 10.8. The predicted octanol–water partition coefficient (Wildman–Crippen LogP) is 3.82. The van der Waals surface area contributed by atoms with Crippen LogP contribution >= 0.6 is 11.3 Å². The van der Waals surface area contributed by atoms with Crippen LogP contribution in [0.1, 0.15) is 23.3 Å². The zero-order valence-electron chi connectivity index (χ0n) is 10.1. The van der Waals surface area contributed by atoms with Gasteiger partial charge in [0.25, 0.3) is 0 Å². The first-order valence-corrected chi connectivity index (χ1v) is 7.07. The van der Waals surface area contributed by atoms with E-state index in [1.165, 1.54) is 29.0 Å². The smallest absolute Gasteiger partial charge is 0.0551 e. The van der Waals surface area contributed by atoms with E-state index in [-0.39, 0.29) is 0 Å². The number of rotatable bonds is 4. The fourth-order valence-corrected chi connectivity index (χ4v) is 2.75. The third-order valence-electron chi connectivity index (χ3n) is 3.05. The average molecular weight is 256 g/mol. The molecular weight excluding hydrogens is 240 g/mol. The summed E-state index contributed by atoms with van der Waals surface area (Å²) in [6.07, 6.45) is 2.44. The Kier molecular flexibility index (Phi) is 3.17. The van der Waals surface area contributed by atoms with Crippen LogP contribution in [0.5, 0.6) is 0 Å². The highest BCUT2D eigenvalue weighted by Crippen LogP contribution is 2.38. The summed E-state index contributed by atoms with van der Waals surface area (Å²) >= 11 is 1.78. The van der Waals surface area contributed by atoms with Gasteiger partial charge in [-0.2, -0.15) is 0 Å².